The zero-order valence-corrected chi connectivity index (χ0v) is 18.0. The lowest BCUT2D eigenvalue weighted by molar-refractivity contribution is -0.116. The van der Waals surface area contributed by atoms with Gasteiger partial charge in [0.15, 0.2) is 5.96 Å². The van der Waals surface area contributed by atoms with Gasteiger partial charge in [-0.15, -0.1) is 0 Å². The number of anilines is 1. The quantitative estimate of drug-likeness (QED) is 0.437. The summed E-state index contributed by atoms with van der Waals surface area (Å²) in [5.41, 5.74) is 4.48. The van der Waals surface area contributed by atoms with Crippen molar-refractivity contribution in [3.8, 4) is 5.75 Å². The first-order valence-electron chi connectivity index (χ1n) is 10.8. The summed E-state index contributed by atoms with van der Waals surface area (Å²) in [5, 5.41) is 9.64. The minimum absolute atomic E-state index is 0.0475. The van der Waals surface area contributed by atoms with Gasteiger partial charge in [0.05, 0.1) is 13.2 Å². The number of carbonyl (C=O) groups is 1. The standard InChI is InChI=1S/C24H32N4O2/c1-3-6-23(29)28-21-8-5-7-19(16-21)17-27-24(25-4-2)26-13-11-18-9-10-22-20(15-18)12-14-30-22/h5,7-10,15-16H,3-4,6,11-14,17H2,1-2H3,(H,28,29)(H2,25,26,27). The van der Waals surface area contributed by atoms with Gasteiger partial charge < -0.3 is 20.7 Å². The van der Waals surface area contributed by atoms with E-state index in [1.165, 1.54) is 11.1 Å². The van der Waals surface area contributed by atoms with E-state index in [0.29, 0.717) is 13.0 Å². The summed E-state index contributed by atoms with van der Waals surface area (Å²) >= 11 is 0. The lowest BCUT2D eigenvalue weighted by Crippen LogP contribution is -2.38. The molecule has 0 saturated carbocycles. The molecule has 1 heterocycles. The first-order valence-corrected chi connectivity index (χ1v) is 10.8. The highest BCUT2D eigenvalue weighted by Crippen LogP contribution is 2.25. The van der Waals surface area contributed by atoms with Crippen LogP contribution in [0.5, 0.6) is 5.75 Å². The Bertz CT molecular complexity index is 879. The van der Waals surface area contributed by atoms with Crippen LogP contribution in [-0.4, -0.2) is 31.6 Å². The van der Waals surface area contributed by atoms with Crippen molar-refractivity contribution in [3.05, 3.63) is 59.2 Å². The number of hydrogen-bond acceptors (Lipinski definition) is 3. The molecule has 2 aromatic carbocycles. The van der Waals surface area contributed by atoms with E-state index in [1.807, 2.05) is 31.2 Å². The highest BCUT2D eigenvalue weighted by Gasteiger charge is 2.11. The van der Waals surface area contributed by atoms with Crippen molar-refractivity contribution in [2.24, 2.45) is 4.99 Å². The summed E-state index contributed by atoms with van der Waals surface area (Å²) in [4.78, 5) is 16.5. The number of guanidine groups is 1. The van der Waals surface area contributed by atoms with E-state index in [1.54, 1.807) is 0 Å². The number of rotatable bonds is 9. The molecule has 0 spiro atoms. The number of benzene rings is 2. The molecular formula is C24H32N4O2. The van der Waals surface area contributed by atoms with Gasteiger partial charge in [0.1, 0.15) is 5.75 Å². The predicted molar refractivity (Wildman–Crippen MR) is 122 cm³/mol. The molecule has 0 radical (unpaired) electrons. The van der Waals surface area contributed by atoms with Gasteiger partial charge in [-0.1, -0.05) is 31.2 Å². The summed E-state index contributed by atoms with van der Waals surface area (Å²) in [6.45, 7) is 6.99. The number of ether oxygens (including phenoxy) is 1. The zero-order valence-electron chi connectivity index (χ0n) is 18.0. The molecule has 6 nitrogen and oxygen atoms in total. The van der Waals surface area contributed by atoms with E-state index in [2.05, 4.69) is 41.1 Å². The van der Waals surface area contributed by atoms with Crippen molar-refractivity contribution in [2.45, 2.75) is 46.1 Å². The maximum atomic E-state index is 11.8. The van der Waals surface area contributed by atoms with Gasteiger partial charge in [-0.25, -0.2) is 4.99 Å². The molecule has 30 heavy (non-hydrogen) atoms. The fourth-order valence-corrected chi connectivity index (χ4v) is 3.43. The molecule has 0 aliphatic carbocycles. The molecule has 6 heteroatoms. The second-order valence-corrected chi connectivity index (χ2v) is 7.41. The van der Waals surface area contributed by atoms with Crippen molar-refractivity contribution in [1.82, 2.24) is 10.6 Å². The summed E-state index contributed by atoms with van der Waals surface area (Å²) in [7, 11) is 0. The molecule has 3 N–H and O–H groups in total. The van der Waals surface area contributed by atoms with Gasteiger partial charge >= 0.3 is 0 Å². The Morgan fingerprint density at radius 3 is 2.83 bits per heavy atom. The summed E-state index contributed by atoms with van der Waals surface area (Å²) in [5.74, 6) is 1.86. The second kappa shape index (κ2) is 11.2. The Labute approximate surface area is 179 Å². The van der Waals surface area contributed by atoms with Gasteiger partial charge in [0, 0.05) is 31.6 Å². The van der Waals surface area contributed by atoms with E-state index in [4.69, 9.17) is 9.73 Å². The van der Waals surface area contributed by atoms with Crippen LogP contribution in [0.2, 0.25) is 0 Å². The minimum Gasteiger partial charge on any atom is -0.493 e. The largest absolute Gasteiger partial charge is 0.493 e. The number of fused-ring (bicyclic) bond motifs is 1. The number of nitrogens with one attached hydrogen (secondary N) is 3. The third-order valence-corrected chi connectivity index (χ3v) is 4.91. The van der Waals surface area contributed by atoms with Gasteiger partial charge in [-0.3, -0.25) is 4.79 Å². The van der Waals surface area contributed by atoms with Crippen LogP contribution in [0, 0.1) is 0 Å². The average Bonchev–Trinajstić information content (AvgIpc) is 3.20. The van der Waals surface area contributed by atoms with Gasteiger partial charge in [-0.2, -0.15) is 0 Å². The number of carbonyl (C=O) groups excluding carboxylic acids is 1. The summed E-state index contributed by atoms with van der Waals surface area (Å²) < 4.78 is 5.58. The van der Waals surface area contributed by atoms with Crippen molar-refractivity contribution < 1.29 is 9.53 Å². The Morgan fingerprint density at radius 2 is 2.00 bits per heavy atom. The van der Waals surface area contributed by atoms with Crippen LogP contribution in [0.4, 0.5) is 5.69 Å². The van der Waals surface area contributed by atoms with Crippen molar-refractivity contribution in [3.63, 3.8) is 0 Å². The third-order valence-electron chi connectivity index (χ3n) is 4.91. The van der Waals surface area contributed by atoms with E-state index in [-0.39, 0.29) is 5.91 Å². The third kappa shape index (κ3) is 6.51. The maximum Gasteiger partial charge on any atom is 0.224 e. The van der Waals surface area contributed by atoms with Crippen LogP contribution in [0.3, 0.4) is 0 Å². The number of amides is 1. The molecule has 1 aliphatic rings. The van der Waals surface area contributed by atoms with E-state index >= 15 is 0 Å². The van der Waals surface area contributed by atoms with Crippen LogP contribution in [0.15, 0.2) is 47.5 Å². The topological polar surface area (TPSA) is 74.8 Å². The van der Waals surface area contributed by atoms with Crippen molar-refractivity contribution >= 4 is 17.6 Å². The number of aliphatic imine (C=N–C) groups is 1. The molecule has 0 saturated heterocycles. The van der Waals surface area contributed by atoms with Gasteiger partial charge in [0.25, 0.3) is 0 Å². The van der Waals surface area contributed by atoms with Crippen LogP contribution < -0.4 is 20.7 Å². The van der Waals surface area contributed by atoms with E-state index in [9.17, 15) is 4.79 Å². The van der Waals surface area contributed by atoms with Crippen LogP contribution in [0.1, 0.15) is 43.4 Å². The first kappa shape index (κ1) is 21.7. The molecule has 1 amide bonds. The molecule has 160 valence electrons. The van der Waals surface area contributed by atoms with Gasteiger partial charge in [0.2, 0.25) is 5.91 Å². The molecule has 0 unspecified atom stereocenters. The van der Waals surface area contributed by atoms with Gasteiger partial charge in [-0.05, 0) is 54.7 Å². The Hall–Kier alpha value is -3.02. The average molecular weight is 409 g/mol. The molecule has 0 bridgehead atoms. The monoisotopic (exact) mass is 408 g/mol. The SMILES string of the molecule is CCCC(=O)Nc1cccc(CN=C(NCC)NCCc2ccc3c(c2)CCO3)c1. The van der Waals surface area contributed by atoms with E-state index in [0.717, 1.165) is 61.9 Å². The molecular weight excluding hydrogens is 376 g/mol. The number of nitrogens with zero attached hydrogens (tertiary/aromatic N) is 1. The first-order chi connectivity index (χ1) is 14.7. The molecule has 3 rings (SSSR count). The molecule has 0 atom stereocenters. The molecule has 0 aromatic heterocycles. The number of hydrogen-bond donors (Lipinski definition) is 3. The molecule has 2 aromatic rings. The predicted octanol–water partition coefficient (Wildman–Crippen LogP) is 3.66. The molecule has 0 fully saturated rings. The Morgan fingerprint density at radius 1 is 1.10 bits per heavy atom. The van der Waals surface area contributed by atoms with Crippen LogP contribution >= 0.6 is 0 Å². The normalized spacial score (nSPS) is 12.8. The van der Waals surface area contributed by atoms with Crippen LogP contribution in [0.25, 0.3) is 0 Å². The Balaban J connectivity index is 1.53. The van der Waals surface area contributed by atoms with Crippen molar-refractivity contribution in [2.75, 3.05) is 25.0 Å². The lowest BCUT2D eigenvalue weighted by atomic mass is 10.1. The fraction of sp³-hybridized carbons (Fsp3) is 0.417. The summed E-state index contributed by atoms with van der Waals surface area (Å²) in [6.07, 6.45) is 3.30. The zero-order chi connectivity index (χ0) is 21.2. The molecule has 1 aliphatic heterocycles. The maximum absolute atomic E-state index is 11.8. The minimum atomic E-state index is 0.0475. The lowest BCUT2D eigenvalue weighted by Gasteiger charge is -2.12. The smallest absolute Gasteiger partial charge is 0.224 e. The van der Waals surface area contributed by atoms with Crippen LogP contribution in [-0.2, 0) is 24.2 Å². The fourth-order valence-electron chi connectivity index (χ4n) is 3.43. The summed E-state index contributed by atoms with van der Waals surface area (Å²) in [6, 6.07) is 14.3. The second-order valence-electron chi connectivity index (χ2n) is 7.41. The van der Waals surface area contributed by atoms with Crippen molar-refractivity contribution in [1.29, 1.82) is 0 Å². The van der Waals surface area contributed by atoms with E-state index < -0.39 is 0 Å². The highest BCUT2D eigenvalue weighted by atomic mass is 16.5. The Kier molecular flexibility index (Phi) is 8.12. The highest BCUT2D eigenvalue weighted by molar-refractivity contribution is 5.90.